The van der Waals surface area contributed by atoms with Crippen molar-refractivity contribution in [1.29, 1.82) is 0 Å². The predicted octanol–water partition coefficient (Wildman–Crippen LogP) is 4.41. The third-order valence-corrected chi connectivity index (χ3v) is 3.15. The molecule has 0 saturated carbocycles. The number of para-hydroxylation sites is 2. The van der Waals surface area contributed by atoms with Gasteiger partial charge in [0.2, 0.25) is 5.91 Å². The minimum absolute atomic E-state index is 0.198. The number of anilines is 2. The van der Waals surface area contributed by atoms with E-state index in [2.05, 4.69) is 10.6 Å². The fourth-order valence-corrected chi connectivity index (χ4v) is 2.02. The van der Waals surface area contributed by atoms with Crippen LogP contribution >= 0.6 is 11.6 Å². The number of hydrogen-bond donors (Lipinski definition) is 2. The van der Waals surface area contributed by atoms with Crippen LogP contribution in [-0.2, 0) is 11.0 Å². The highest BCUT2D eigenvalue weighted by molar-refractivity contribution is 6.33. The monoisotopic (exact) mass is 328 g/mol. The molecular weight excluding hydrogens is 317 g/mol. The minimum Gasteiger partial charge on any atom is -0.375 e. The molecule has 2 N–H and O–H groups in total. The zero-order valence-electron chi connectivity index (χ0n) is 11.2. The molecule has 0 aliphatic heterocycles. The number of carbonyl (C=O) groups is 1. The van der Waals surface area contributed by atoms with E-state index in [9.17, 15) is 18.0 Å². The molecule has 0 saturated heterocycles. The summed E-state index contributed by atoms with van der Waals surface area (Å²) in [6, 6.07) is 11.6. The fraction of sp³-hybridized carbons (Fsp3) is 0.133. The zero-order chi connectivity index (χ0) is 16.2. The average molecular weight is 329 g/mol. The lowest BCUT2D eigenvalue weighted by molar-refractivity contribution is -0.137. The van der Waals surface area contributed by atoms with Crippen molar-refractivity contribution in [3.63, 3.8) is 0 Å². The summed E-state index contributed by atoms with van der Waals surface area (Å²) in [5.74, 6) is -0.600. The van der Waals surface area contributed by atoms with Gasteiger partial charge in [0.05, 0.1) is 28.5 Å². The van der Waals surface area contributed by atoms with Crippen LogP contribution in [0.25, 0.3) is 0 Å². The minimum atomic E-state index is -4.53. The molecule has 2 aromatic rings. The van der Waals surface area contributed by atoms with Crippen molar-refractivity contribution in [1.82, 2.24) is 0 Å². The summed E-state index contributed by atoms with van der Waals surface area (Å²) in [4.78, 5) is 11.8. The topological polar surface area (TPSA) is 41.1 Å². The number of rotatable bonds is 4. The number of nitrogens with one attached hydrogen (secondary N) is 2. The lowest BCUT2D eigenvalue weighted by Crippen LogP contribution is -2.23. The van der Waals surface area contributed by atoms with Gasteiger partial charge in [-0.25, -0.2) is 0 Å². The molecule has 1 amide bonds. The highest BCUT2D eigenvalue weighted by Gasteiger charge is 2.33. The highest BCUT2D eigenvalue weighted by Crippen LogP contribution is 2.34. The summed E-state index contributed by atoms with van der Waals surface area (Å²) in [6.45, 7) is -0.198. The number of halogens is 4. The van der Waals surface area contributed by atoms with Gasteiger partial charge in [-0.2, -0.15) is 13.2 Å². The van der Waals surface area contributed by atoms with Gasteiger partial charge in [0.25, 0.3) is 0 Å². The van der Waals surface area contributed by atoms with Crippen LogP contribution in [0.15, 0.2) is 48.5 Å². The molecule has 0 radical (unpaired) electrons. The summed E-state index contributed by atoms with van der Waals surface area (Å²) in [5.41, 5.74) is -0.634. The van der Waals surface area contributed by atoms with E-state index in [0.717, 1.165) is 6.07 Å². The Labute approximate surface area is 130 Å². The molecule has 116 valence electrons. The maximum Gasteiger partial charge on any atom is 0.418 e. The molecule has 2 aromatic carbocycles. The molecule has 0 spiro atoms. The largest absolute Gasteiger partial charge is 0.418 e. The van der Waals surface area contributed by atoms with Crippen LogP contribution < -0.4 is 10.6 Å². The first-order valence-electron chi connectivity index (χ1n) is 6.32. The van der Waals surface area contributed by atoms with Gasteiger partial charge in [0.1, 0.15) is 0 Å². The zero-order valence-corrected chi connectivity index (χ0v) is 12.0. The van der Waals surface area contributed by atoms with Crippen LogP contribution in [0.4, 0.5) is 24.5 Å². The number of benzene rings is 2. The quantitative estimate of drug-likeness (QED) is 0.873. The van der Waals surface area contributed by atoms with E-state index >= 15 is 0 Å². The second-order valence-electron chi connectivity index (χ2n) is 4.42. The molecule has 3 nitrogen and oxygen atoms in total. The van der Waals surface area contributed by atoms with E-state index in [4.69, 9.17) is 11.6 Å². The van der Waals surface area contributed by atoms with Crippen LogP contribution in [-0.4, -0.2) is 12.5 Å². The SMILES string of the molecule is O=C(CNc1ccccc1Cl)Nc1ccccc1C(F)(F)F. The van der Waals surface area contributed by atoms with Gasteiger partial charge in [-0.1, -0.05) is 35.9 Å². The highest BCUT2D eigenvalue weighted by atomic mass is 35.5. The van der Waals surface area contributed by atoms with E-state index in [1.54, 1.807) is 24.3 Å². The van der Waals surface area contributed by atoms with E-state index in [1.165, 1.54) is 18.2 Å². The van der Waals surface area contributed by atoms with E-state index in [-0.39, 0.29) is 12.2 Å². The molecule has 22 heavy (non-hydrogen) atoms. The van der Waals surface area contributed by atoms with Gasteiger partial charge < -0.3 is 10.6 Å². The van der Waals surface area contributed by atoms with Crippen molar-refractivity contribution >= 4 is 28.9 Å². The van der Waals surface area contributed by atoms with Crippen molar-refractivity contribution in [2.24, 2.45) is 0 Å². The predicted molar refractivity (Wildman–Crippen MR) is 80.0 cm³/mol. The summed E-state index contributed by atoms with van der Waals surface area (Å²) in [7, 11) is 0. The number of carbonyl (C=O) groups excluding carboxylic acids is 1. The molecule has 0 aliphatic rings. The van der Waals surface area contributed by atoms with Gasteiger partial charge in [0, 0.05) is 0 Å². The van der Waals surface area contributed by atoms with Crippen molar-refractivity contribution in [2.75, 3.05) is 17.2 Å². The third-order valence-electron chi connectivity index (χ3n) is 2.82. The van der Waals surface area contributed by atoms with E-state index in [1.807, 2.05) is 0 Å². The van der Waals surface area contributed by atoms with Gasteiger partial charge in [-0.05, 0) is 24.3 Å². The van der Waals surface area contributed by atoms with Crippen LogP contribution in [0.3, 0.4) is 0 Å². The van der Waals surface area contributed by atoms with E-state index in [0.29, 0.717) is 10.7 Å². The van der Waals surface area contributed by atoms with Crippen LogP contribution in [0.2, 0.25) is 5.02 Å². The summed E-state index contributed by atoms with van der Waals surface area (Å²) in [5, 5.41) is 5.43. The fourth-order valence-electron chi connectivity index (χ4n) is 1.81. The number of hydrogen-bond acceptors (Lipinski definition) is 2. The Morgan fingerprint density at radius 3 is 2.23 bits per heavy atom. The first-order valence-corrected chi connectivity index (χ1v) is 6.70. The van der Waals surface area contributed by atoms with Gasteiger partial charge in [-0.3, -0.25) is 4.79 Å². The van der Waals surface area contributed by atoms with Crippen LogP contribution in [0, 0.1) is 0 Å². The first-order chi connectivity index (χ1) is 10.4. The molecular formula is C15H12ClF3N2O. The van der Waals surface area contributed by atoms with Crippen LogP contribution in [0.1, 0.15) is 5.56 Å². The average Bonchev–Trinajstić information content (AvgIpc) is 2.46. The van der Waals surface area contributed by atoms with Crippen molar-refractivity contribution in [2.45, 2.75) is 6.18 Å². The summed E-state index contributed by atoms with van der Waals surface area (Å²) in [6.07, 6.45) is -4.53. The lowest BCUT2D eigenvalue weighted by Gasteiger charge is -2.14. The van der Waals surface area contributed by atoms with E-state index < -0.39 is 17.6 Å². The van der Waals surface area contributed by atoms with Gasteiger partial charge >= 0.3 is 6.18 Å². The number of alkyl halides is 3. The molecule has 2 rings (SSSR count). The number of amides is 1. The van der Waals surface area contributed by atoms with Crippen molar-refractivity contribution in [3.05, 3.63) is 59.1 Å². The van der Waals surface area contributed by atoms with Crippen LogP contribution in [0.5, 0.6) is 0 Å². The van der Waals surface area contributed by atoms with Crippen molar-refractivity contribution < 1.29 is 18.0 Å². The standard InChI is InChI=1S/C15H12ClF3N2O/c16-11-6-2-4-8-13(11)20-9-14(22)21-12-7-3-1-5-10(12)15(17,18)19/h1-8,20H,9H2,(H,21,22). The second-order valence-corrected chi connectivity index (χ2v) is 4.83. The Hall–Kier alpha value is -2.21. The molecule has 0 aliphatic carbocycles. The Bertz CT molecular complexity index is 674. The Morgan fingerprint density at radius 1 is 1.00 bits per heavy atom. The third kappa shape index (κ3) is 4.14. The first kappa shape index (κ1) is 16.2. The molecule has 7 heteroatoms. The smallest absolute Gasteiger partial charge is 0.375 e. The van der Waals surface area contributed by atoms with Gasteiger partial charge in [-0.15, -0.1) is 0 Å². The maximum absolute atomic E-state index is 12.8. The summed E-state index contributed by atoms with van der Waals surface area (Å²) < 4.78 is 38.5. The summed E-state index contributed by atoms with van der Waals surface area (Å²) >= 11 is 5.91. The molecule has 0 bridgehead atoms. The Kier molecular flexibility index (Phi) is 4.92. The second kappa shape index (κ2) is 6.70. The van der Waals surface area contributed by atoms with Crippen molar-refractivity contribution in [3.8, 4) is 0 Å². The molecule has 0 unspecified atom stereocenters. The van der Waals surface area contributed by atoms with Gasteiger partial charge in [0.15, 0.2) is 0 Å². The Morgan fingerprint density at radius 2 is 1.59 bits per heavy atom. The molecule has 0 aromatic heterocycles. The normalized spacial score (nSPS) is 11.1. The molecule has 0 fully saturated rings. The Balaban J connectivity index is 2.03. The maximum atomic E-state index is 12.8. The lowest BCUT2D eigenvalue weighted by atomic mass is 10.1. The molecule has 0 heterocycles. The molecule has 0 atom stereocenters.